The Morgan fingerprint density at radius 3 is 2.90 bits per heavy atom. The quantitative estimate of drug-likeness (QED) is 0.654. The van der Waals surface area contributed by atoms with Crippen LogP contribution in [0.3, 0.4) is 0 Å². The summed E-state index contributed by atoms with van der Waals surface area (Å²) in [5.74, 6) is -0.821. The Labute approximate surface area is 118 Å². The fourth-order valence-electron chi connectivity index (χ4n) is 1.79. The molecule has 1 aromatic heterocycles. The number of aliphatic carboxylic acids is 1. The molecule has 1 heterocycles. The molecule has 0 bridgehead atoms. The highest BCUT2D eigenvalue weighted by atomic mass is 16.4. The first-order valence-electron chi connectivity index (χ1n) is 6.60. The van der Waals surface area contributed by atoms with Crippen LogP contribution in [0.5, 0.6) is 5.75 Å². The van der Waals surface area contributed by atoms with Gasteiger partial charge >= 0.3 is 5.97 Å². The predicted octanol–water partition coefficient (Wildman–Crippen LogP) is 1.42. The molecule has 0 unspecified atom stereocenters. The number of rotatable bonds is 7. The minimum Gasteiger partial charge on any atom is -0.506 e. The fraction of sp³-hybridized carbons (Fsp3) is 0.500. The molecule has 6 nitrogen and oxygen atoms in total. The van der Waals surface area contributed by atoms with Gasteiger partial charge in [-0.25, -0.2) is 0 Å². The number of nitrogens with two attached hydrogens (primary N) is 1. The molecular formula is C14H21N3O3. The second-order valence-corrected chi connectivity index (χ2v) is 4.59. The third-order valence-electron chi connectivity index (χ3n) is 3.11. The Kier molecular flexibility index (Phi) is 6.11. The highest BCUT2D eigenvalue weighted by molar-refractivity contribution is 5.73. The first-order valence-corrected chi connectivity index (χ1v) is 6.60. The van der Waals surface area contributed by atoms with Crippen molar-refractivity contribution in [3.63, 3.8) is 0 Å². The summed E-state index contributed by atoms with van der Waals surface area (Å²) in [6, 6.07) is -0.857. The van der Waals surface area contributed by atoms with Crippen molar-refractivity contribution in [1.29, 1.82) is 0 Å². The molecule has 0 aliphatic rings. The van der Waals surface area contributed by atoms with Gasteiger partial charge in [-0.15, -0.1) is 0 Å². The van der Waals surface area contributed by atoms with Crippen LogP contribution in [0.25, 0.3) is 0 Å². The van der Waals surface area contributed by atoms with Crippen molar-refractivity contribution in [2.75, 3.05) is 0 Å². The van der Waals surface area contributed by atoms with Gasteiger partial charge in [-0.1, -0.05) is 6.92 Å². The molecule has 0 aliphatic heterocycles. The third-order valence-corrected chi connectivity index (χ3v) is 3.11. The summed E-state index contributed by atoms with van der Waals surface area (Å²) in [5, 5.41) is 18.6. The smallest absolute Gasteiger partial charge is 0.320 e. The van der Waals surface area contributed by atoms with Crippen molar-refractivity contribution in [2.24, 2.45) is 10.7 Å². The minimum absolute atomic E-state index is 0.184. The average Bonchev–Trinajstić information content (AvgIpc) is 2.42. The highest BCUT2D eigenvalue weighted by Crippen LogP contribution is 2.24. The van der Waals surface area contributed by atoms with E-state index in [0.717, 1.165) is 17.5 Å². The Hall–Kier alpha value is -1.95. The predicted molar refractivity (Wildman–Crippen MR) is 77.1 cm³/mol. The topological polar surface area (TPSA) is 109 Å². The van der Waals surface area contributed by atoms with Gasteiger partial charge in [0.25, 0.3) is 0 Å². The molecule has 0 radical (unpaired) electrons. The number of aromatic nitrogens is 1. The number of nitrogens with zero attached hydrogens (tertiary/aromatic N) is 2. The molecule has 110 valence electrons. The van der Waals surface area contributed by atoms with Crippen molar-refractivity contribution >= 4 is 12.2 Å². The minimum atomic E-state index is -1.01. The van der Waals surface area contributed by atoms with Crippen LogP contribution in [-0.4, -0.2) is 33.4 Å². The molecule has 4 N–H and O–H groups in total. The van der Waals surface area contributed by atoms with E-state index in [4.69, 9.17) is 10.8 Å². The van der Waals surface area contributed by atoms with Gasteiger partial charge in [0.05, 0.1) is 12.2 Å². The SMILES string of the molecule is CCc1cnc(C)c(O)c1CN=CCC[C@H](N)C(=O)O. The second kappa shape index (κ2) is 7.59. The zero-order valence-electron chi connectivity index (χ0n) is 11.8. The van der Waals surface area contributed by atoms with Crippen molar-refractivity contribution < 1.29 is 15.0 Å². The lowest BCUT2D eigenvalue weighted by atomic mass is 10.1. The van der Waals surface area contributed by atoms with Crippen LogP contribution in [0.4, 0.5) is 0 Å². The lowest BCUT2D eigenvalue weighted by molar-refractivity contribution is -0.138. The summed E-state index contributed by atoms with van der Waals surface area (Å²) in [6.45, 7) is 4.10. The second-order valence-electron chi connectivity index (χ2n) is 4.59. The average molecular weight is 279 g/mol. The number of carbonyl (C=O) groups is 1. The van der Waals surface area contributed by atoms with Gasteiger partial charge in [-0.3, -0.25) is 14.8 Å². The Morgan fingerprint density at radius 1 is 1.60 bits per heavy atom. The van der Waals surface area contributed by atoms with Crippen molar-refractivity contribution in [3.05, 3.63) is 23.0 Å². The number of hydrogen-bond donors (Lipinski definition) is 3. The molecule has 20 heavy (non-hydrogen) atoms. The largest absolute Gasteiger partial charge is 0.506 e. The summed E-state index contributed by atoms with van der Waals surface area (Å²) < 4.78 is 0. The van der Waals surface area contributed by atoms with Gasteiger partial charge < -0.3 is 15.9 Å². The zero-order chi connectivity index (χ0) is 15.1. The molecular weight excluding hydrogens is 258 g/mol. The molecule has 6 heteroatoms. The lowest BCUT2D eigenvalue weighted by Crippen LogP contribution is -2.29. The monoisotopic (exact) mass is 279 g/mol. The van der Waals surface area contributed by atoms with Crippen LogP contribution < -0.4 is 5.73 Å². The van der Waals surface area contributed by atoms with E-state index in [0.29, 0.717) is 25.1 Å². The molecule has 0 fully saturated rings. The summed E-state index contributed by atoms with van der Waals surface area (Å²) in [7, 11) is 0. The van der Waals surface area contributed by atoms with Crippen LogP contribution in [-0.2, 0) is 17.8 Å². The number of aliphatic imine (C=N–C) groups is 1. The first-order chi connectivity index (χ1) is 9.47. The molecule has 1 aromatic rings. The van der Waals surface area contributed by atoms with Crippen LogP contribution >= 0.6 is 0 Å². The molecule has 0 saturated heterocycles. The molecule has 0 spiro atoms. The number of carboxylic acid groups (broad SMARTS) is 1. The Balaban J connectivity index is 2.61. The first kappa shape index (κ1) is 16.1. The van der Waals surface area contributed by atoms with E-state index in [9.17, 15) is 9.90 Å². The summed E-state index contributed by atoms with van der Waals surface area (Å²) >= 11 is 0. The van der Waals surface area contributed by atoms with E-state index in [-0.39, 0.29) is 5.75 Å². The maximum Gasteiger partial charge on any atom is 0.320 e. The van der Waals surface area contributed by atoms with Gasteiger partial charge in [0.2, 0.25) is 0 Å². The van der Waals surface area contributed by atoms with Crippen LogP contribution in [0.15, 0.2) is 11.2 Å². The lowest BCUT2D eigenvalue weighted by Gasteiger charge is -2.09. The number of carboxylic acids is 1. The van der Waals surface area contributed by atoms with Crippen molar-refractivity contribution in [2.45, 2.75) is 45.7 Å². The molecule has 1 atom stereocenters. The van der Waals surface area contributed by atoms with E-state index < -0.39 is 12.0 Å². The standard InChI is InChI=1S/C14H21N3O3/c1-3-10-7-17-9(2)13(18)11(10)8-16-6-4-5-12(15)14(19)20/h6-7,12,18H,3-5,8,15H2,1-2H3,(H,19,20)/t12-/m0/s1. The molecule has 0 aliphatic carbocycles. The number of pyridine rings is 1. The third kappa shape index (κ3) is 4.31. The van der Waals surface area contributed by atoms with Gasteiger partial charge in [0.1, 0.15) is 11.8 Å². The van der Waals surface area contributed by atoms with E-state index in [1.807, 2.05) is 6.92 Å². The molecule has 1 rings (SSSR count). The number of aryl methyl sites for hydroxylation is 2. The van der Waals surface area contributed by atoms with E-state index in [1.54, 1.807) is 19.3 Å². The summed E-state index contributed by atoms with van der Waals surface area (Å²) in [5.41, 5.74) is 7.72. The Bertz CT molecular complexity index is 501. The summed E-state index contributed by atoms with van der Waals surface area (Å²) in [6.07, 6.45) is 5.02. The van der Waals surface area contributed by atoms with Crippen molar-refractivity contribution in [1.82, 2.24) is 4.98 Å². The maximum atomic E-state index is 10.5. The van der Waals surface area contributed by atoms with Gasteiger partial charge in [0.15, 0.2) is 0 Å². The fourth-order valence-corrected chi connectivity index (χ4v) is 1.79. The maximum absolute atomic E-state index is 10.5. The normalized spacial score (nSPS) is 12.8. The molecule has 0 amide bonds. The van der Waals surface area contributed by atoms with Gasteiger partial charge in [0, 0.05) is 11.8 Å². The van der Waals surface area contributed by atoms with E-state index >= 15 is 0 Å². The van der Waals surface area contributed by atoms with Crippen LogP contribution in [0.1, 0.15) is 36.6 Å². The van der Waals surface area contributed by atoms with E-state index in [2.05, 4.69) is 9.98 Å². The molecule has 0 aromatic carbocycles. The van der Waals surface area contributed by atoms with Gasteiger partial charge in [-0.2, -0.15) is 0 Å². The van der Waals surface area contributed by atoms with Crippen molar-refractivity contribution in [3.8, 4) is 5.75 Å². The van der Waals surface area contributed by atoms with Crippen LogP contribution in [0.2, 0.25) is 0 Å². The highest BCUT2D eigenvalue weighted by Gasteiger charge is 2.10. The Morgan fingerprint density at radius 2 is 2.30 bits per heavy atom. The summed E-state index contributed by atoms with van der Waals surface area (Å²) in [4.78, 5) is 18.9. The van der Waals surface area contributed by atoms with Crippen LogP contribution in [0, 0.1) is 6.92 Å². The zero-order valence-corrected chi connectivity index (χ0v) is 11.8. The number of aromatic hydroxyl groups is 1. The molecule has 0 saturated carbocycles. The van der Waals surface area contributed by atoms with E-state index in [1.165, 1.54) is 0 Å². The van der Waals surface area contributed by atoms with Gasteiger partial charge in [-0.05, 0) is 38.0 Å². The number of hydrogen-bond acceptors (Lipinski definition) is 5.